The minimum Gasteiger partial charge on any atom is -0.478 e. The van der Waals surface area contributed by atoms with Crippen LogP contribution in [0.4, 0.5) is 5.82 Å². The van der Waals surface area contributed by atoms with E-state index < -0.39 is 90.5 Å². The number of nitrogen functional groups attached to an aromatic ring is 1. The Balaban J connectivity index is 0.000000913. The summed E-state index contributed by atoms with van der Waals surface area (Å²) in [6.45, 7) is 0.448. The first-order chi connectivity index (χ1) is 30.4. The number of amides is 2. The molecule has 5 rings (SSSR count). The fourth-order valence-corrected chi connectivity index (χ4v) is 9.03. The number of aromatic nitrogens is 4. The van der Waals surface area contributed by atoms with Crippen LogP contribution in [0.1, 0.15) is 47.2 Å². The number of benzene rings is 2. The number of imidazole rings is 1. The molecule has 7 atom stereocenters. The lowest BCUT2D eigenvalue weighted by molar-refractivity contribution is -0.137. The number of hydrogen-bond acceptors (Lipinski definition) is 19. The third-order valence-corrected chi connectivity index (χ3v) is 12.8. The van der Waals surface area contributed by atoms with Crippen LogP contribution in [0.2, 0.25) is 0 Å². The van der Waals surface area contributed by atoms with Crippen molar-refractivity contribution in [2.45, 2.75) is 50.9 Å². The maximum atomic E-state index is 12.7. The number of aliphatic hydroxyl groups is 2. The Bertz CT molecular complexity index is 2410. The number of carboxylic acids is 1. The summed E-state index contributed by atoms with van der Waals surface area (Å²) >= 11 is 1.02. The number of aliphatic hydroxyl groups excluding tert-OH is 2. The number of nitrogens with zero attached hydrogens (tertiary/aromatic N) is 4. The smallest absolute Gasteiger partial charge is 0.478 e. The third-order valence-electron chi connectivity index (χ3n) is 8.77. The van der Waals surface area contributed by atoms with Crippen molar-refractivity contribution in [1.82, 2.24) is 30.2 Å². The summed E-state index contributed by atoms with van der Waals surface area (Å²) in [6.07, 6.45) is -6.94. The molecule has 11 N–H and O–H groups in total. The van der Waals surface area contributed by atoms with Gasteiger partial charge in [0.15, 0.2) is 17.7 Å². The number of nitrogens with one attached hydrogen (secondary N) is 2. The number of nitrogens with two attached hydrogens (primary N) is 1. The van der Waals surface area contributed by atoms with E-state index in [-0.39, 0.29) is 41.6 Å². The van der Waals surface area contributed by atoms with E-state index in [1.54, 1.807) is 60.7 Å². The maximum Gasteiger partial charge on any atom is 0.481 e. The van der Waals surface area contributed by atoms with Crippen molar-refractivity contribution in [1.29, 1.82) is 0 Å². The van der Waals surface area contributed by atoms with Crippen LogP contribution in [0.25, 0.3) is 11.2 Å². The molecule has 4 aromatic rings. The van der Waals surface area contributed by atoms with E-state index in [4.69, 9.17) is 24.6 Å². The number of phosphoric acid groups is 3. The molecule has 0 spiro atoms. The number of carbonyl (C=O) groups is 4. The van der Waals surface area contributed by atoms with E-state index in [1.165, 1.54) is 13.8 Å². The van der Waals surface area contributed by atoms with E-state index in [9.17, 15) is 62.7 Å². The van der Waals surface area contributed by atoms with E-state index in [0.717, 1.165) is 29.0 Å². The van der Waals surface area contributed by atoms with Crippen molar-refractivity contribution in [3.8, 4) is 0 Å². The molecule has 3 heterocycles. The number of anilines is 1. The average Bonchev–Trinajstić information content (AvgIpc) is 3.81. The number of ether oxygens (including phenoxy) is 1. The van der Waals surface area contributed by atoms with Gasteiger partial charge in [0.2, 0.25) is 16.9 Å². The molecular formula is C35H46N7O19P3S. The molecule has 0 radical (unpaired) electrons. The highest BCUT2D eigenvalue weighted by molar-refractivity contribution is 8.14. The van der Waals surface area contributed by atoms with Crippen LogP contribution in [0, 0.1) is 5.41 Å². The van der Waals surface area contributed by atoms with Gasteiger partial charge in [-0.15, -0.1) is 0 Å². The molecule has 0 aliphatic carbocycles. The third kappa shape index (κ3) is 16.4. The number of hydrogen-bond donors (Lipinski definition) is 10. The van der Waals surface area contributed by atoms with Crippen molar-refractivity contribution in [2.24, 2.45) is 5.41 Å². The van der Waals surface area contributed by atoms with Crippen molar-refractivity contribution in [2.75, 3.05) is 37.8 Å². The Morgan fingerprint density at radius 1 is 0.908 bits per heavy atom. The van der Waals surface area contributed by atoms with Crippen LogP contribution in [0.5, 0.6) is 0 Å². The molecule has 65 heavy (non-hydrogen) atoms. The molecular weight excluding hydrogens is 947 g/mol. The molecule has 1 fully saturated rings. The van der Waals surface area contributed by atoms with Gasteiger partial charge in [0.25, 0.3) is 0 Å². The van der Waals surface area contributed by atoms with Gasteiger partial charge in [0.1, 0.15) is 36.3 Å². The number of fused-ring (bicyclic) bond motifs is 1. The summed E-state index contributed by atoms with van der Waals surface area (Å²) in [5, 5.41) is 34.6. The highest BCUT2D eigenvalue weighted by Crippen LogP contribution is 2.61. The Morgan fingerprint density at radius 3 is 2.12 bits per heavy atom. The fraction of sp³-hybridized carbons (Fsp3) is 0.400. The molecule has 3 unspecified atom stereocenters. The van der Waals surface area contributed by atoms with E-state index in [1.807, 2.05) is 0 Å². The van der Waals surface area contributed by atoms with Crippen LogP contribution in [0.3, 0.4) is 0 Å². The highest BCUT2D eigenvalue weighted by atomic mass is 32.2. The summed E-state index contributed by atoms with van der Waals surface area (Å²) < 4.78 is 62.1. The van der Waals surface area contributed by atoms with Crippen LogP contribution in [-0.4, -0.2) is 134 Å². The van der Waals surface area contributed by atoms with Gasteiger partial charge in [-0.05, 0) is 12.1 Å². The normalized spacial score (nSPS) is 19.8. The van der Waals surface area contributed by atoms with Gasteiger partial charge >= 0.3 is 29.4 Å². The van der Waals surface area contributed by atoms with Crippen LogP contribution in [0.15, 0.2) is 73.3 Å². The second kappa shape index (κ2) is 23.3. The SMILES string of the molecule is CC(C)(COP(=O)(O)OP(=O)(O)OC[C@H]1O[C@@H](n2cnc3c(N)ncnc32)[C@H](O)[C@@H]1OP(=O)(O)O)C(O)C(=O)NCCC(=O)NCCSC(=O)c1ccccc1.O=C(O)c1ccccc1. The molecule has 26 nitrogen and oxygen atoms in total. The summed E-state index contributed by atoms with van der Waals surface area (Å²) in [5.41, 5.74) is 5.11. The molecule has 30 heteroatoms. The monoisotopic (exact) mass is 993 g/mol. The number of carboxylic acid groups (broad SMARTS) is 1. The van der Waals surface area contributed by atoms with Gasteiger partial charge in [0, 0.05) is 36.2 Å². The molecule has 1 aliphatic heterocycles. The van der Waals surface area contributed by atoms with E-state index in [0.29, 0.717) is 16.9 Å². The molecule has 0 saturated carbocycles. The number of thioether (sulfide) groups is 1. The number of phosphoric ester groups is 3. The first-order valence-corrected chi connectivity index (χ1v) is 24.3. The molecule has 1 saturated heterocycles. The zero-order chi connectivity index (χ0) is 48.2. The topological polar surface area (TPSA) is 401 Å². The number of rotatable bonds is 21. The van der Waals surface area contributed by atoms with Gasteiger partial charge in [-0.2, -0.15) is 4.31 Å². The second-order valence-electron chi connectivity index (χ2n) is 14.2. The van der Waals surface area contributed by atoms with Gasteiger partial charge in [-0.3, -0.25) is 32.5 Å². The lowest BCUT2D eigenvalue weighted by Gasteiger charge is -2.30. The zero-order valence-corrected chi connectivity index (χ0v) is 37.7. The van der Waals surface area contributed by atoms with Crippen LogP contribution < -0.4 is 16.4 Å². The minimum absolute atomic E-state index is 0.0292. The first-order valence-electron chi connectivity index (χ1n) is 18.8. The summed E-state index contributed by atoms with van der Waals surface area (Å²) in [6, 6.07) is 16.9. The van der Waals surface area contributed by atoms with Gasteiger partial charge < -0.3 is 56.0 Å². The minimum atomic E-state index is -5.57. The van der Waals surface area contributed by atoms with Crippen molar-refractivity contribution < 1.29 is 90.4 Å². The van der Waals surface area contributed by atoms with Crippen molar-refractivity contribution >= 4 is 75.1 Å². The zero-order valence-electron chi connectivity index (χ0n) is 34.2. The predicted octanol–water partition coefficient (Wildman–Crippen LogP) is 1.36. The van der Waals surface area contributed by atoms with Gasteiger partial charge in [-0.1, -0.05) is 74.1 Å². The molecule has 2 aromatic heterocycles. The lowest BCUT2D eigenvalue weighted by Crippen LogP contribution is -2.46. The van der Waals surface area contributed by atoms with Gasteiger partial charge in [0.05, 0.1) is 25.1 Å². The molecule has 1 aliphatic rings. The Labute approximate surface area is 373 Å². The predicted molar refractivity (Wildman–Crippen MR) is 226 cm³/mol. The summed E-state index contributed by atoms with van der Waals surface area (Å²) in [7, 11) is -16.4. The lowest BCUT2D eigenvalue weighted by atomic mass is 9.87. The van der Waals surface area contributed by atoms with Crippen LogP contribution >= 0.6 is 35.2 Å². The van der Waals surface area contributed by atoms with Crippen molar-refractivity contribution in [3.63, 3.8) is 0 Å². The molecule has 0 bridgehead atoms. The quantitative estimate of drug-likeness (QED) is 0.0416. The van der Waals surface area contributed by atoms with Crippen LogP contribution in [-0.2, 0) is 45.9 Å². The second-order valence-corrected chi connectivity index (χ2v) is 19.5. The highest BCUT2D eigenvalue weighted by Gasteiger charge is 2.50. The standard InChI is InChI=1S/C28H40N7O17P3S.C7H6O2/c1-28(2,22(38)25(39)31-9-8-18(36)30-10-11-56-27(40)16-6-4-3-5-7-16)13-49-55(46,47)52-54(44,45)48-12-17-21(51-53(41,42)43)20(37)26(50-17)35-15-34-19-23(29)32-14-33-24(19)35;8-7(9)6-4-2-1-3-5-6/h3-7,14-15,17,20-22,26,37-38H,8-13H2,1-2H3,(H,30,36)(H,31,39)(H,44,45)(H,46,47)(H2,29,32,33)(H2,41,42,43);1-5H,(H,8,9)/t17-,20-,21-,22?,26-;/m1./s1. The molecule has 2 aromatic carbocycles. The summed E-state index contributed by atoms with van der Waals surface area (Å²) in [4.78, 5) is 97.9. The first kappa shape index (κ1) is 53.1. The number of aromatic carboxylic acids is 1. The largest absolute Gasteiger partial charge is 0.481 e. The van der Waals surface area contributed by atoms with E-state index in [2.05, 4.69) is 34.4 Å². The average molecular weight is 994 g/mol. The summed E-state index contributed by atoms with van der Waals surface area (Å²) in [5.74, 6) is -2.05. The maximum absolute atomic E-state index is 12.7. The Morgan fingerprint density at radius 2 is 1.52 bits per heavy atom. The molecule has 2 amide bonds. The van der Waals surface area contributed by atoms with Crippen molar-refractivity contribution in [3.05, 3.63) is 84.4 Å². The Kier molecular flexibility index (Phi) is 19.0. The Hall–Kier alpha value is -4.53. The van der Waals surface area contributed by atoms with Gasteiger partial charge in [-0.25, -0.2) is 33.4 Å². The van der Waals surface area contributed by atoms with E-state index >= 15 is 0 Å². The fourth-order valence-electron chi connectivity index (χ4n) is 5.51. The molecule has 356 valence electrons. The number of carbonyl (C=O) groups excluding carboxylic acids is 3.